The first-order valence-corrected chi connectivity index (χ1v) is 5.89. The van der Waals surface area contributed by atoms with Crippen molar-refractivity contribution in [3.63, 3.8) is 0 Å². The number of aryl methyl sites for hydroxylation is 1. The largest absolute Gasteiger partial charge is 0.256 e. The Morgan fingerprint density at radius 3 is 2.61 bits per heavy atom. The van der Waals surface area contributed by atoms with Crippen LogP contribution < -0.4 is 0 Å². The molecule has 0 bridgehead atoms. The van der Waals surface area contributed by atoms with Crippen molar-refractivity contribution in [3.05, 3.63) is 54.1 Å². The van der Waals surface area contributed by atoms with Crippen molar-refractivity contribution >= 4 is 10.9 Å². The van der Waals surface area contributed by atoms with E-state index in [2.05, 4.69) is 33.2 Å². The first-order valence-electron chi connectivity index (χ1n) is 5.89. The van der Waals surface area contributed by atoms with Gasteiger partial charge in [0.2, 0.25) is 0 Å². The maximum atomic E-state index is 4.47. The Kier molecular flexibility index (Phi) is 2.52. The van der Waals surface area contributed by atoms with Crippen molar-refractivity contribution in [2.24, 2.45) is 0 Å². The van der Waals surface area contributed by atoms with Gasteiger partial charge in [0.15, 0.2) is 0 Å². The third-order valence-corrected chi connectivity index (χ3v) is 3.22. The molecule has 0 radical (unpaired) electrons. The molecule has 0 aliphatic carbocycles. The summed E-state index contributed by atoms with van der Waals surface area (Å²) in [5, 5.41) is 1.13. The quantitative estimate of drug-likeness (QED) is 0.649. The number of aromatic nitrogens is 3. The minimum atomic E-state index is 0.965. The molecule has 0 saturated carbocycles. The van der Waals surface area contributed by atoms with E-state index in [9.17, 15) is 0 Å². The molecule has 0 unspecified atom stereocenters. The van der Waals surface area contributed by atoms with E-state index in [4.69, 9.17) is 0 Å². The van der Waals surface area contributed by atoms with Gasteiger partial charge in [0.05, 0.1) is 11.2 Å². The van der Waals surface area contributed by atoms with Gasteiger partial charge in [0.25, 0.3) is 0 Å². The van der Waals surface area contributed by atoms with Gasteiger partial charge < -0.3 is 0 Å². The minimum absolute atomic E-state index is 0.965. The summed E-state index contributed by atoms with van der Waals surface area (Å²) in [7, 11) is 0. The number of hydrogen-bond acceptors (Lipinski definition) is 3. The van der Waals surface area contributed by atoms with E-state index in [0.29, 0.717) is 0 Å². The lowest BCUT2D eigenvalue weighted by atomic mass is 10.0. The minimum Gasteiger partial charge on any atom is -0.256 e. The Bertz CT molecular complexity index is 715. The number of hydrogen-bond donors (Lipinski definition) is 0. The molecule has 3 aromatic rings. The Morgan fingerprint density at radius 1 is 0.889 bits per heavy atom. The highest BCUT2D eigenvalue weighted by Crippen LogP contribution is 2.28. The summed E-state index contributed by atoms with van der Waals surface area (Å²) in [6.07, 6.45) is 3.43. The average molecular weight is 235 g/mol. The van der Waals surface area contributed by atoms with E-state index < -0.39 is 0 Å². The number of benzene rings is 1. The van der Waals surface area contributed by atoms with Crippen molar-refractivity contribution in [2.75, 3.05) is 0 Å². The van der Waals surface area contributed by atoms with Crippen LogP contribution in [0.1, 0.15) is 11.3 Å². The molecule has 18 heavy (non-hydrogen) atoms. The van der Waals surface area contributed by atoms with Gasteiger partial charge in [-0.05, 0) is 25.5 Å². The monoisotopic (exact) mass is 235 g/mol. The lowest BCUT2D eigenvalue weighted by molar-refractivity contribution is 1.07. The molecule has 0 atom stereocenters. The van der Waals surface area contributed by atoms with Gasteiger partial charge in [-0.25, -0.2) is 9.97 Å². The molecule has 3 nitrogen and oxygen atoms in total. The van der Waals surface area contributed by atoms with Crippen molar-refractivity contribution in [3.8, 4) is 11.3 Å². The fraction of sp³-hybridized carbons (Fsp3) is 0.133. The van der Waals surface area contributed by atoms with E-state index in [1.165, 1.54) is 0 Å². The van der Waals surface area contributed by atoms with Gasteiger partial charge in [-0.1, -0.05) is 24.3 Å². The zero-order chi connectivity index (χ0) is 12.5. The van der Waals surface area contributed by atoms with E-state index >= 15 is 0 Å². The summed E-state index contributed by atoms with van der Waals surface area (Å²) >= 11 is 0. The van der Waals surface area contributed by atoms with Crippen LogP contribution in [0.2, 0.25) is 0 Å². The van der Waals surface area contributed by atoms with Crippen molar-refractivity contribution in [1.29, 1.82) is 0 Å². The molecule has 0 N–H and O–H groups in total. The summed E-state index contributed by atoms with van der Waals surface area (Å²) in [6, 6.07) is 10.2. The van der Waals surface area contributed by atoms with E-state index in [1.807, 2.05) is 32.2 Å². The van der Waals surface area contributed by atoms with Crippen LogP contribution in [0.25, 0.3) is 22.2 Å². The van der Waals surface area contributed by atoms with Gasteiger partial charge in [-0.15, -0.1) is 0 Å². The summed E-state index contributed by atoms with van der Waals surface area (Å²) in [5.41, 5.74) is 5.13. The molecule has 0 fully saturated rings. The predicted molar refractivity (Wildman–Crippen MR) is 72.2 cm³/mol. The first-order chi connectivity index (χ1) is 8.77. The molecular formula is C15H13N3. The lowest BCUT2D eigenvalue weighted by Gasteiger charge is -2.08. The molecule has 88 valence electrons. The van der Waals surface area contributed by atoms with Gasteiger partial charge >= 0.3 is 0 Å². The Morgan fingerprint density at radius 2 is 1.72 bits per heavy atom. The van der Waals surface area contributed by atoms with Crippen molar-refractivity contribution in [2.45, 2.75) is 13.8 Å². The van der Waals surface area contributed by atoms with Crippen LogP contribution in [0.5, 0.6) is 0 Å². The molecule has 2 heterocycles. The predicted octanol–water partition coefficient (Wildman–Crippen LogP) is 3.31. The summed E-state index contributed by atoms with van der Waals surface area (Å²) < 4.78 is 0. The van der Waals surface area contributed by atoms with Crippen LogP contribution in [0, 0.1) is 13.8 Å². The molecule has 0 saturated heterocycles. The lowest BCUT2D eigenvalue weighted by Crippen LogP contribution is -1.95. The number of para-hydroxylation sites is 1. The van der Waals surface area contributed by atoms with E-state index in [-0.39, 0.29) is 0 Å². The van der Waals surface area contributed by atoms with Crippen LogP contribution in [0.3, 0.4) is 0 Å². The number of rotatable bonds is 1. The number of pyridine rings is 1. The van der Waals surface area contributed by atoms with E-state index in [0.717, 1.165) is 33.4 Å². The maximum absolute atomic E-state index is 4.47. The summed E-state index contributed by atoms with van der Waals surface area (Å²) in [4.78, 5) is 13.1. The second-order valence-electron chi connectivity index (χ2n) is 4.31. The zero-order valence-corrected chi connectivity index (χ0v) is 10.4. The van der Waals surface area contributed by atoms with Gasteiger partial charge in [-0.3, -0.25) is 4.98 Å². The van der Waals surface area contributed by atoms with Crippen molar-refractivity contribution in [1.82, 2.24) is 15.0 Å². The van der Waals surface area contributed by atoms with Gasteiger partial charge in [0, 0.05) is 22.8 Å². The molecular weight excluding hydrogens is 222 g/mol. The molecule has 0 aliphatic heterocycles. The molecule has 3 rings (SSSR count). The first kappa shape index (κ1) is 10.8. The average Bonchev–Trinajstić information content (AvgIpc) is 2.41. The summed E-state index contributed by atoms with van der Waals surface area (Å²) in [5.74, 6) is 0. The maximum Gasteiger partial charge on any atom is 0.116 e. The van der Waals surface area contributed by atoms with Crippen molar-refractivity contribution < 1.29 is 0 Å². The number of fused-ring (bicyclic) bond motifs is 1. The Labute approximate surface area is 106 Å². The highest BCUT2D eigenvalue weighted by Gasteiger charge is 2.10. The topological polar surface area (TPSA) is 38.7 Å². The normalized spacial score (nSPS) is 10.8. The van der Waals surface area contributed by atoms with Crippen LogP contribution >= 0.6 is 0 Å². The second kappa shape index (κ2) is 4.18. The van der Waals surface area contributed by atoms with Crippen LogP contribution in [-0.4, -0.2) is 15.0 Å². The number of nitrogens with zero attached hydrogens (tertiary/aromatic N) is 3. The van der Waals surface area contributed by atoms with Gasteiger partial charge in [-0.2, -0.15) is 0 Å². The molecule has 2 aromatic heterocycles. The third-order valence-electron chi connectivity index (χ3n) is 3.22. The zero-order valence-electron chi connectivity index (χ0n) is 10.4. The third kappa shape index (κ3) is 1.64. The highest BCUT2D eigenvalue weighted by molar-refractivity contribution is 5.93. The van der Waals surface area contributed by atoms with Crippen LogP contribution in [0.4, 0.5) is 0 Å². The molecule has 0 amide bonds. The highest BCUT2D eigenvalue weighted by atomic mass is 14.8. The van der Waals surface area contributed by atoms with Crippen LogP contribution in [-0.2, 0) is 0 Å². The Hall–Kier alpha value is -2.29. The fourth-order valence-electron chi connectivity index (χ4n) is 2.11. The Balaban J connectivity index is 2.35. The molecule has 1 aromatic carbocycles. The van der Waals surface area contributed by atoms with Gasteiger partial charge in [0.1, 0.15) is 6.33 Å². The van der Waals surface area contributed by atoms with Crippen LogP contribution in [0.15, 0.2) is 42.9 Å². The fourth-order valence-corrected chi connectivity index (χ4v) is 2.11. The smallest absolute Gasteiger partial charge is 0.116 e. The SMILES string of the molecule is Cc1ncnc(-c2cccc3cccnc23)c1C. The van der Waals surface area contributed by atoms with E-state index in [1.54, 1.807) is 6.33 Å². The second-order valence-corrected chi connectivity index (χ2v) is 4.31. The molecule has 3 heteroatoms. The standard InChI is InChI=1S/C15H13N3/c1-10-11(2)17-9-18-14(10)13-7-3-5-12-6-4-8-16-15(12)13/h3-9H,1-2H3. The molecule has 0 aliphatic rings. The summed E-state index contributed by atoms with van der Waals surface area (Å²) in [6.45, 7) is 4.05. The molecule has 0 spiro atoms.